The Morgan fingerprint density at radius 3 is 3.10 bits per heavy atom. The summed E-state index contributed by atoms with van der Waals surface area (Å²) in [6.45, 7) is 1.88. The van der Waals surface area contributed by atoms with Gasteiger partial charge in [0, 0.05) is 22.7 Å². The van der Waals surface area contributed by atoms with Gasteiger partial charge in [-0.1, -0.05) is 18.2 Å². The molecule has 0 amide bonds. The minimum absolute atomic E-state index is 0.856. The molecule has 1 aromatic carbocycles. The van der Waals surface area contributed by atoms with Crippen LogP contribution in [0.3, 0.4) is 0 Å². The fraction of sp³-hybridized carbons (Fsp3) is 0.188. The molecule has 21 heavy (non-hydrogen) atoms. The molecule has 2 aromatic heterocycles. The third kappa shape index (κ3) is 2.40. The van der Waals surface area contributed by atoms with Crippen molar-refractivity contribution in [1.82, 2.24) is 9.55 Å². The highest BCUT2D eigenvalue weighted by Crippen LogP contribution is 2.34. The number of hydrogen-bond acceptors (Lipinski definition) is 3. The summed E-state index contributed by atoms with van der Waals surface area (Å²) < 4.78 is 3.38. The minimum Gasteiger partial charge on any atom is -0.384 e. The highest BCUT2D eigenvalue weighted by atomic mass is 79.9. The van der Waals surface area contributed by atoms with Gasteiger partial charge in [0.15, 0.2) is 0 Å². The maximum Gasteiger partial charge on any atom is 0.0954 e. The summed E-state index contributed by atoms with van der Waals surface area (Å²) in [7, 11) is 0. The van der Waals surface area contributed by atoms with Gasteiger partial charge in [-0.3, -0.25) is 0 Å². The first-order valence-corrected chi connectivity index (χ1v) is 8.53. The first kappa shape index (κ1) is 13.1. The van der Waals surface area contributed by atoms with E-state index in [1.807, 2.05) is 12.5 Å². The zero-order valence-corrected chi connectivity index (χ0v) is 13.7. The molecule has 0 fully saturated rings. The van der Waals surface area contributed by atoms with Gasteiger partial charge in [-0.25, -0.2) is 4.98 Å². The van der Waals surface area contributed by atoms with Crippen LogP contribution in [0.5, 0.6) is 0 Å². The number of aromatic nitrogens is 2. The van der Waals surface area contributed by atoms with Crippen LogP contribution in [0.2, 0.25) is 0 Å². The second kappa shape index (κ2) is 5.31. The highest BCUT2D eigenvalue weighted by Gasteiger charge is 2.17. The molecular weight excluding hydrogens is 346 g/mol. The van der Waals surface area contributed by atoms with Crippen LogP contribution >= 0.6 is 27.3 Å². The lowest BCUT2D eigenvalue weighted by Crippen LogP contribution is -2.00. The molecule has 3 nitrogen and oxygen atoms in total. The quantitative estimate of drug-likeness (QED) is 0.751. The average Bonchev–Trinajstić information content (AvgIpc) is 3.19. The average molecular weight is 360 g/mol. The molecule has 0 radical (unpaired) electrons. The minimum atomic E-state index is 0.856. The Balaban J connectivity index is 1.74. The standard InChI is InChI=1S/C16H14BrN3S/c17-15-5-4-12(21-15)9-20-10-18-8-14(20)13-3-1-2-11-6-7-19-16(11)13/h1-5,8,10,19H,6-7,9H2. The molecule has 0 atom stereocenters. The van der Waals surface area contributed by atoms with Gasteiger partial charge >= 0.3 is 0 Å². The maximum atomic E-state index is 4.36. The van der Waals surface area contributed by atoms with Crippen LogP contribution in [0.25, 0.3) is 11.3 Å². The molecule has 1 N–H and O–H groups in total. The van der Waals surface area contributed by atoms with Gasteiger partial charge in [-0.15, -0.1) is 11.3 Å². The zero-order valence-electron chi connectivity index (χ0n) is 11.3. The molecule has 3 aromatic rings. The summed E-state index contributed by atoms with van der Waals surface area (Å²) in [4.78, 5) is 5.68. The van der Waals surface area contributed by atoms with Crippen molar-refractivity contribution in [3.63, 3.8) is 0 Å². The topological polar surface area (TPSA) is 29.9 Å². The molecule has 4 rings (SSSR count). The predicted molar refractivity (Wildman–Crippen MR) is 91.0 cm³/mol. The summed E-state index contributed by atoms with van der Waals surface area (Å²) in [5, 5.41) is 3.51. The summed E-state index contributed by atoms with van der Waals surface area (Å²) in [6, 6.07) is 10.8. The lowest BCUT2D eigenvalue weighted by molar-refractivity contribution is 0.818. The smallest absolute Gasteiger partial charge is 0.0954 e. The van der Waals surface area contributed by atoms with Crippen LogP contribution < -0.4 is 5.32 Å². The Labute approximate surface area is 135 Å². The number of fused-ring (bicyclic) bond motifs is 1. The number of thiophene rings is 1. The van der Waals surface area contributed by atoms with Crippen molar-refractivity contribution < 1.29 is 0 Å². The molecular formula is C16H14BrN3S. The summed E-state index contributed by atoms with van der Waals surface area (Å²) in [5.74, 6) is 0. The van der Waals surface area contributed by atoms with E-state index in [9.17, 15) is 0 Å². The second-order valence-corrected chi connectivity index (χ2v) is 7.68. The number of imidazole rings is 1. The van der Waals surface area contributed by atoms with Gasteiger partial charge in [0.25, 0.3) is 0 Å². The molecule has 0 spiro atoms. The van der Waals surface area contributed by atoms with Crippen LogP contribution in [-0.2, 0) is 13.0 Å². The van der Waals surface area contributed by atoms with E-state index in [-0.39, 0.29) is 0 Å². The summed E-state index contributed by atoms with van der Waals surface area (Å²) >= 11 is 5.29. The number of nitrogens with zero attached hydrogens (tertiary/aromatic N) is 2. The summed E-state index contributed by atoms with van der Waals surface area (Å²) in [5.41, 5.74) is 5.09. The van der Waals surface area contributed by atoms with Crippen molar-refractivity contribution in [1.29, 1.82) is 0 Å². The Morgan fingerprint density at radius 2 is 2.24 bits per heavy atom. The molecule has 1 aliphatic heterocycles. The highest BCUT2D eigenvalue weighted by molar-refractivity contribution is 9.11. The maximum absolute atomic E-state index is 4.36. The first-order valence-electron chi connectivity index (χ1n) is 6.92. The number of halogens is 1. The van der Waals surface area contributed by atoms with Crippen molar-refractivity contribution in [3.8, 4) is 11.3 Å². The van der Waals surface area contributed by atoms with Crippen LogP contribution in [0, 0.1) is 0 Å². The lowest BCUT2D eigenvalue weighted by Gasteiger charge is -2.11. The van der Waals surface area contributed by atoms with E-state index in [0.717, 1.165) is 19.5 Å². The Morgan fingerprint density at radius 1 is 1.29 bits per heavy atom. The van der Waals surface area contributed by atoms with E-state index in [2.05, 4.69) is 61.1 Å². The van der Waals surface area contributed by atoms with Crippen molar-refractivity contribution in [2.75, 3.05) is 11.9 Å². The van der Waals surface area contributed by atoms with Crippen molar-refractivity contribution in [2.24, 2.45) is 0 Å². The van der Waals surface area contributed by atoms with Crippen molar-refractivity contribution in [3.05, 3.63) is 57.1 Å². The molecule has 3 heterocycles. The first-order chi connectivity index (χ1) is 10.3. The predicted octanol–water partition coefficient (Wildman–Crippen LogP) is 4.39. The van der Waals surface area contributed by atoms with Gasteiger partial charge in [-0.2, -0.15) is 0 Å². The number of hydrogen-bond donors (Lipinski definition) is 1. The SMILES string of the molecule is Brc1ccc(Cn2cncc2-c2cccc3c2NCC3)s1. The number of para-hydroxylation sites is 1. The lowest BCUT2D eigenvalue weighted by atomic mass is 10.1. The fourth-order valence-corrected chi connectivity index (χ4v) is 4.31. The van der Waals surface area contributed by atoms with E-state index in [1.165, 1.54) is 31.2 Å². The Hall–Kier alpha value is -1.59. The molecule has 5 heteroatoms. The molecule has 106 valence electrons. The van der Waals surface area contributed by atoms with E-state index in [0.29, 0.717) is 0 Å². The van der Waals surface area contributed by atoms with Gasteiger partial charge in [0.05, 0.1) is 28.5 Å². The van der Waals surface area contributed by atoms with E-state index < -0.39 is 0 Å². The van der Waals surface area contributed by atoms with E-state index in [4.69, 9.17) is 0 Å². The number of rotatable bonds is 3. The number of anilines is 1. The molecule has 0 bridgehead atoms. The van der Waals surface area contributed by atoms with Gasteiger partial charge in [-0.05, 0) is 40.0 Å². The van der Waals surface area contributed by atoms with Crippen LogP contribution in [0.4, 0.5) is 5.69 Å². The molecule has 0 aliphatic carbocycles. The Bertz CT molecular complexity index is 790. The molecule has 0 unspecified atom stereocenters. The fourth-order valence-electron chi connectivity index (χ4n) is 2.83. The molecule has 0 saturated heterocycles. The molecule has 0 saturated carbocycles. The third-order valence-corrected chi connectivity index (χ3v) is 5.40. The van der Waals surface area contributed by atoms with Crippen molar-refractivity contribution >= 4 is 33.0 Å². The van der Waals surface area contributed by atoms with Gasteiger partial charge in [0.1, 0.15) is 0 Å². The third-order valence-electron chi connectivity index (χ3n) is 3.79. The van der Waals surface area contributed by atoms with E-state index >= 15 is 0 Å². The zero-order chi connectivity index (χ0) is 14.2. The number of nitrogens with one attached hydrogen (secondary N) is 1. The molecule has 1 aliphatic rings. The largest absolute Gasteiger partial charge is 0.384 e. The monoisotopic (exact) mass is 359 g/mol. The van der Waals surface area contributed by atoms with Gasteiger partial charge in [0.2, 0.25) is 0 Å². The Kier molecular flexibility index (Phi) is 3.31. The van der Waals surface area contributed by atoms with Crippen LogP contribution in [-0.4, -0.2) is 16.1 Å². The van der Waals surface area contributed by atoms with Crippen molar-refractivity contribution in [2.45, 2.75) is 13.0 Å². The normalized spacial score (nSPS) is 13.2. The summed E-state index contributed by atoms with van der Waals surface area (Å²) in [6.07, 6.45) is 4.98. The second-order valence-electron chi connectivity index (χ2n) is 5.13. The van der Waals surface area contributed by atoms with Crippen LogP contribution in [0.15, 0.2) is 46.6 Å². The number of benzene rings is 1. The van der Waals surface area contributed by atoms with Gasteiger partial charge < -0.3 is 9.88 Å². The van der Waals surface area contributed by atoms with Crippen LogP contribution in [0.1, 0.15) is 10.4 Å². The van der Waals surface area contributed by atoms with E-state index in [1.54, 1.807) is 11.3 Å².